The van der Waals surface area contributed by atoms with Crippen LogP contribution in [0.3, 0.4) is 0 Å². The molecule has 0 bridgehead atoms. The molecule has 0 aromatic heterocycles. The van der Waals surface area contributed by atoms with Crippen molar-refractivity contribution >= 4 is 19.4 Å². The van der Waals surface area contributed by atoms with E-state index in [1.807, 2.05) is 0 Å². The van der Waals surface area contributed by atoms with Crippen molar-refractivity contribution in [1.82, 2.24) is 0 Å². The van der Waals surface area contributed by atoms with Crippen LogP contribution in [0.4, 0.5) is 7.77 Å². The maximum atomic E-state index is 10.5. The highest BCUT2D eigenvalue weighted by Gasteiger charge is 1.72. The molecule has 28 valence electrons. The summed E-state index contributed by atoms with van der Waals surface area (Å²) in [5.74, 6) is 0. The van der Waals surface area contributed by atoms with Crippen molar-refractivity contribution in [3.63, 3.8) is 0 Å². The third-order valence-corrected chi connectivity index (χ3v) is 0.239. The molecular weight excluding hydrogens is 94.9 g/mol. The Hall–Kier alpha value is 0.0749. The van der Waals surface area contributed by atoms with Crippen LogP contribution in [-0.2, 0) is 11.5 Å². The summed E-state index contributed by atoms with van der Waals surface area (Å²) in [6, 6.07) is 0. The molecule has 0 aromatic carbocycles. The van der Waals surface area contributed by atoms with Crippen molar-refractivity contribution in [2.75, 3.05) is 0 Å². The first kappa shape index (κ1) is 5.07. The van der Waals surface area contributed by atoms with E-state index < -0.39 is 11.5 Å². The Morgan fingerprint density at radius 3 is 1.80 bits per heavy atom. The Balaban J connectivity index is 3.14. The molecule has 1 nitrogen and oxygen atoms in total. The Kier molecular flexibility index (Phi) is 2.36. The highest BCUT2D eigenvalue weighted by molar-refractivity contribution is 7.77. The minimum atomic E-state index is -2.92. The van der Waals surface area contributed by atoms with E-state index in [9.17, 15) is 7.77 Å². The fraction of sp³-hybridized carbons (Fsp3) is 0. The minimum absolute atomic E-state index is 2.08. The van der Waals surface area contributed by atoms with E-state index in [4.69, 9.17) is 0 Å². The molecule has 0 saturated carbocycles. The maximum absolute atomic E-state index is 10.5. The zero-order valence-electron chi connectivity index (χ0n) is 2.19. The topological polar surface area (TPSA) is 12.4 Å². The van der Waals surface area contributed by atoms with Crippen molar-refractivity contribution in [1.29, 1.82) is 0 Å². The molecule has 0 aliphatic heterocycles. The first-order valence-electron chi connectivity index (χ1n) is 0.749. The fourth-order valence-electron chi connectivity index (χ4n) is 0. The second kappa shape index (κ2) is 2.32. The molecule has 0 spiro atoms. The smallest absolute Gasteiger partial charge is 0.277 e. The van der Waals surface area contributed by atoms with E-state index in [0.29, 0.717) is 0 Å². The molecule has 0 rings (SSSR count). The molecule has 0 amide bonds. The Bertz CT molecular complexity index is 47.6. The van der Waals surface area contributed by atoms with Crippen LogP contribution < -0.4 is 0 Å². The zero-order chi connectivity index (χ0) is 4.28. The molecule has 0 fully saturated rings. The number of halogens is 2. The van der Waals surface area contributed by atoms with Crippen molar-refractivity contribution < 1.29 is 7.77 Å². The van der Waals surface area contributed by atoms with E-state index >= 15 is 0 Å². The largest absolute Gasteiger partial charge is 0.283 e. The minimum Gasteiger partial charge on any atom is -0.283 e. The average molecular weight is 94.9 g/mol. The van der Waals surface area contributed by atoms with Crippen LogP contribution in [-0.4, -0.2) is 7.98 Å². The second-order valence-electron chi connectivity index (χ2n) is 0.302. The highest BCUT2D eigenvalue weighted by atomic mass is 32.2. The lowest BCUT2D eigenvalue weighted by atomic mass is 10.5. The predicted octanol–water partition coefficient (Wildman–Crippen LogP) is 0.641. The van der Waals surface area contributed by atoms with Crippen LogP contribution in [0, 0.1) is 0 Å². The lowest BCUT2D eigenvalue weighted by molar-refractivity contribution is 0.788. The van der Waals surface area contributed by atoms with E-state index in [2.05, 4.69) is 12.3 Å². The second-order valence-corrected chi connectivity index (χ2v) is 0.905. The van der Waals surface area contributed by atoms with Gasteiger partial charge in [-0.15, -0.1) is 7.77 Å². The first-order chi connectivity index (χ1) is 2.27. The Labute approximate surface area is 32.5 Å². The maximum Gasteiger partial charge on any atom is 0.277 e. The quantitative estimate of drug-likeness (QED) is 0.391. The van der Waals surface area contributed by atoms with Gasteiger partial charge in [-0.3, -0.25) is 4.27 Å². The molecule has 2 radical (unpaired) electrons. The van der Waals surface area contributed by atoms with Crippen molar-refractivity contribution in [3.8, 4) is 0 Å². The van der Waals surface area contributed by atoms with Crippen LogP contribution in [0.1, 0.15) is 0 Å². The van der Waals surface area contributed by atoms with Gasteiger partial charge in [0.25, 0.3) is 7.98 Å². The van der Waals surface area contributed by atoms with Crippen molar-refractivity contribution in [3.05, 3.63) is 0 Å². The van der Waals surface area contributed by atoms with Crippen LogP contribution in [0.5, 0.6) is 0 Å². The van der Waals surface area contributed by atoms with E-state index in [1.54, 1.807) is 0 Å². The summed E-state index contributed by atoms with van der Waals surface area (Å²) in [6.45, 7) is 0. The number of hydrogen-bond acceptors (Lipinski definition) is 1. The Morgan fingerprint density at radius 2 is 1.80 bits per heavy atom. The summed E-state index contributed by atoms with van der Waals surface area (Å²) in [6.07, 6.45) is 0. The molecule has 0 heterocycles. The molecular formula is BF2NS. The molecule has 5 heteroatoms. The molecule has 0 unspecified atom stereocenters. The van der Waals surface area contributed by atoms with E-state index in [-0.39, 0.29) is 0 Å². The number of rotatable bonds is 0. The van der Waals surface area contributed by atoms with Crippen molar-refractivity contribution in [2.45, 2.75) is 0 Å². The van der Waals surface area contributed by atoms with Gasteiger partial charge in [-0.1, -0.05) is 0 Å². The molecule has 5 heavy (non-hydrogen) atoms. The summed E-state index contributed by atoms with van der Waals surface area (Å²) in [5, 5.41) is 0. The molecule has 0 aromatic rings. The van der Waals surface area contributed by atoms with Crippen molar-refractivity contribution in [2.24, 2.45) is 4.27 Å². The van der Waals surface area contributed by atoms with Gasteiger partial charge in [0, 0.05) is 0 Å². The molecule has 0 aliphatic rings. The van der Waals surface area contributed by atoms with Gasteiger partial charge in [0.05, 0.1) is 0 Å². The lowest BCUT2D eigenvalue weighted by Crippen LogP contribution is -1.56. The first-order valence-corrected chi connectivity index (χ1v) is 1.73. The van der Waals surface area contributed by atoms with E-state index in [1.165, 1.54) is 0 Å². The monoisotopic (exact) mass is 95.0 g/mol. The van der Waals surface area contributed by atoms with Gasteiger partial charge in [-0.25, -0.2) is 0 Å². The third-order valence-electron chi connectivity index (χ3n) is 0.0797. The van der Waals surface area contributed by atoms with E-state index in [0.717, 1.165) is 0 Å². The highest BCUT2D eigenvalue weighted by Crippen LogP contribution is 1.83. The van der Waals surface area contributed by atoms with Gasteiger partial charge < -0.3 is 0 Å². The summed E-state index contributed by atoms with van der Waals surface area (Å²) >= 11 is -2.92. The third kappa shape index (κ3) is 4.07. The van der Waals surface area contributed by atoms with Crippen LogP contribution in [0.2, 0.25) is 0 Å². The normalized spacial score (nSPS) is 8.60. The van der Waals surface area contributed by atoms with Crippen LogP contribution in [0.25, 0.3) is 0 Å². The van der Waals surface area contributed by atoms with Crippen LogP contribution >= 0.6 is 0 Å². The fourth-order valence-corrected chi connectivity index (χ4v) is 0. The number of hydrogen-bond donors (Lipinski definition) is 0. The van der Waals surface area contributed by atoms with Gasteiger partial charge in [-0.2, -0.15) is 0 Å². The average Bonchev–Trinajstić information content (AvgIpc) is 1.38. The summed E-state index contributed by atoms with van der Waals surface area (Å²) in [5.41, 5.74) is 0. The molecule has 0 N–H and O–H groups in total. The summed E-state index contributed by atoms with van der Waals surface area (Å²) in [7, 11) is 4.06. The SMILES string of the molecule is [B]N=S(F)F. The van der Waals surface area contributed by atoms with Gasteiger partial charge in [0.2, 0.25) is 11.5 Å². The molecule has 0 atom stereocenters. The molecule has 0 saturated heterocycles. The van der Waals surface area contributed by atoms with Gasteiger partial charge in [0.15, 0.2) is 0 Å². The summed E-state index contributed by atoms with van der Waals surface area (Å²) in [4.78, 5) is 0. The standard InChI is InChI=1S/BF2NS/c1-4-5(2)3. The van der Waals surface area contributed by atoms with Gasteiger partial charge in [-0.05, 0) is 0 Å². The summed E-state index contributed by atoms with van der Waals surface area (Å²) < 4.78 is 23.1. The van der Waals surface area contributed by atoms with Gasteiger partial charge in [0.1, 0.15) is 0 Å². The predicted molar refractivity (Wildman–Crippen MR) is 17.8 cm³/mol. The Morgan fingerprint density at radius 1 is 1.60 bits per heavy atom. The zero-order valence-corrected chi connectivity index (χ0v) is 3.01. The van der Waals surface area contributed by atoms with Crippen LogP contribution in [0.15, 0.2) is 4.27 Å². The molecule has 0 aliphatic carbocycles. The number of nitrogens with zero attached hydrogens (tertiary/aromatic N) is 1. The van der Waals surface area contributed by atoms with Gasteiger partial charge >= 0.3 is 0 Å². The lowest BCUT2D eigenvalue weighted by Gasteiger charge is -1.65.